The minimum Gasteiger partial charge on any atom is -0.480 e. The molecule has 0 aromatic heterocycles. The fourth-order valence-corrected chi connectivity index (χ4v) is 2.64. The van der Waals surface area contributed by atoms with Crippen molar-refractivity contribution in [3.05, 3.63) is 0 Å². The molecule has 1 aliphatic rings. The Balaban J connectivity index is 2.39. The van der Waals surface area contributed by atoms with Gasteiger partial charge in [0.15, 0.2) is 0 Å². The number of carboxylic acids is 1. The quantitative estimate of drug-likeness (QED) is 0.571. The first-order chi connectivity index (χ1) is 9.58. The average Bonchev–Trinajstić information content (AvgIpc) is 2.46. The van der Waals surface area contributed by atoms with E-state index in [2.05, 4.69) is 5.32 Å². The van der Waals surface area contributed by atoms with E-state index in [1.807, 2.05) is 0 Å². The van der Waals surface area contributed by atoms with Crippen molar-refractivity contribution in [3.8, 4) is 0 Å². The molecule has 1 rings (SSSR count). The fourth-order valence-electron chi connectivity index (χ4n) is 2.64. The molecule has 0 heterocycles. The highest BCUT2D eigenvalue weighted by Crippen LogP contribution is 2.28. The largest absolute Gasteiger partial charge is 0.480 e. The molecular weight excluding hydrogens is 260 g/mol. The van der Waals surface area contributed by atoms with Crippen molar-refractivity contribution in [2.75, 3.05) is 20.3 Å². The van der Waals surface area contributed by atoms with Crippen LogP contribution in [0.15, 0.2) is 0 Å². The standard InChI is InChI=1S/C14H26N2O4/c1-20-8-2-3-12(14(18)19)16-13(17)11-6-4-10(9-15)5-7-11/h10-12H,2-9,15H2,1H3,(H,16,17)(H,18,19). The van der Waals surface area contributed by atoms with Crippen LogP contribution < -0.4 is 11.1 Å². The fraction of sp³-hybridized carbons (Fsp3) is 0.857. The number of amides is 1. The number of nitrogens with one attached hydrogen (secondary N) is 1. The van der Waals surface area contributed by atoms with Gasteiger partial charge in [-0.1, -0.05) is 0 Å². The molecule has 0 aromatic carbocycles. The topological polar surface area (TPSA) is 102 Å². The lowest BCUT2D eigenvalue weighted by atomic mass is 9.81. The van der Waals surface area contributed by atoms with Gasteiger partial charge in [0.2, 0.25) is 5.91 Å². The number of ether oxygens (including phenoxy) is 1. The van der Waals surface area contributed by atoms with Gasteiger partial charge in [-0.3, -0.25) is 4.79 Å². The number of carbonyl (C=O) groups is 2. The second-order valence-corrected chi connectivity index (χ2v) is 5.49. The van der Waals surface area contributed by atoms with Gasteiger partial charge in [-0.05, 0) is 51.0 Å². The van der Waals surface area contributed by atoms with Crippen molar-refractivity contribution in [1.82, 2.24) is 5.32 Å². The Labute approximate surface area is 120 Å². The first-order valence-electron chi connectivity index (χ1n) is 7.30. The predicted octanol–water partition coefficient (Wildman–Crippen LogP) is 0.748. The molecule has 0 spiro atoms. The van der Waals surface area contributed by atoms with E-state index in [4.69, 9.17) is 15.6 Å². The van der Waals surface area contributed by atoms with Crippen LogP contribution in [0.5, 0.6) is 0 Å². The number of hydrogen-bond donors (Lipinski definition) is 3. The monoisotopic (exact) mass is 286 g/mol. The van der Waals surface area contributed by atoms with Gasteiger partial charge >= 0.3 is 5.97 Å². The van der Waals surface area contributed by atoms with Gasteiger partial charge in [0.1, 0.15) is 6.04 Å². The maximum atomic E-state index is 12.1. The van der Waals surface area contributed by atoms with E-state index in [0.29, 0.717) is 31.9 Å². The SMILES string of the molecule is COCCCC(NC(=O)C1CCC(CN)CC1)C(=O)O. The van der Waals surface area contributed by atoms with Crippen molar-refractivity contribution in [3.63, 3.8) is 0 Å². The highest BCUT2D eigenvalue weighted by Gasteiger charge is 2.28. The summed E-state index contributed by atoms with van der Waals surface area (Å²) in [5.41, 5.74) is 5.62. The number of methoxy groups -OCH3 is 1. The normalized spacial score (nSPS) is 24.1. The number of rotatable bonds is 8. The molecule has 0 saturated heterocycles. The van der Waals surface area contributed by atoms with Gasteiger partial charge in [0.25, 0.3) is 0 Å². The Morgan fingerprint density at radius 1 is 1.35 bits per heavy atom. The van der Waals surface area contributed by atoms with E-state index < -0.39 is 12.0 Å². The van der Waals surface area contributed by atoms with E-state index in [1.165, 1.54) is 0 Å². The molecule has 1 saturated carbocycles. The summed E-state index contributed by atoms with van der Waals surface area (Å²) in [5, 5.41) is 11.8. The Bertz CT molecular complexity index is 314. The van der Waals surface area contributed by atoms with Gasteiger partial charge in [-0.25, -0.2) is 4.79 Å². The lowest BCUT2D eigenvalue weighted by Crippen LogP contribution is -2.44. The van der Waals surface area contributed by atoms with E-state index in [9.17, 15) is 9.59 Å². The first kappa shape index (κ1) is 16.9. The van der Waals surface area contributed by atoms with Crippen LogP contribution in [0.4, 0.5) is 0 Å². The second kappa shape index (κ2) is 8.92. The zero-order valence-corrected chi connectivity index (χ0v) is 12.1. The summed E-state index contributed by atoms with van der Waals surface area (Å²) in [7, 11) is 1.57. The number of aliphatic carboxylic acids is 1. The Hall–Kier alpha value is -1.14. The third-order valence-electron chi connectivity index (χ3n) is 4.01. The lowest BCUT2D eigenvalue weighted by Gasteiger charge is -2.27. The van der Waals surface area contributed by atoms with E-state index in [0.717, 1.165) is 25.7 Å². The molecule has 1 fully saturated rings. The second-order valence-electron chi connectivity index (χ2n) is 5.49. The molecule has 1 unspecified atom stereocenters. The van der Waals surface area contributed by atoms with Crippen LogP contribution in [0.3, 0.4) is 0 Å². The zero-order valence-electron chi connectivity index (χ0n) is 12.1. The van der Waals surface area contributed by atoms with Gasteiger partial charge < -0.3 is 20.9 Å². The molecule has 20 heavy (non-hydrogen) atoms. The van der Waals surface area contributed by atoms with Crippen LogP contribution in [0, 0.1) is 11.8 Å². The summed E-state index contributed by atoms with van der Waals surface area (Å²) < 4.78 is 4.90. The highest BCUT2D eigenvalue weighted by atomic mass is 16.5. The van der Waals surface area contributed by atoms with Crippen molar-refractivity contribution in [1.29, 1.82) is 0 Å². The Morgan fingerprint density at radius 3 is 2.50 bits per heavy atom. The summed E-state index contributed by atoms with van der Waals surface area (Å²) in [6, 6.07) is -0.815. The molecule has 4 N–H and O–H groups in total. The van der Waals surface area contributed by atoms with Gasteiger partial charge in [-0.2, -0.15) is 0 Å². The highest BCUT2D eigenvalue weighted by molar-refractivity contribution is 5.84. The number of carbonyl (C=O) groups excluding carboxylic acids is 1. The van der Waals surface area contributed by atoms with Crippen molar-refractivity contribution >= 4 is 11.9 Å². The number of nitrogens with two attached hydrogens (primary N) is 1. The van der Waals surface area contributed by atoms with E-state index in [-0.39, 0.29) is 11.8 Å². The van der Waals surface area contributed by atoms with E-state index >= 15 is 0 Å². The molecule has 0 aliphatic heterocycles. The minimum absolute atomic E-state index is 0.0675. The minimum atomic E-state index is -0.981. The van der Waals surface area contributed by atoms with Crippen molar-refractivity contribution in [2.45, 2.75) is 44.6 Å². The van der Waals surface area contributed by atoms with Gasteiger partial charge in [-0.15, -0.1) is 0 Å². The molecule has 6 nitrogen and oxygen atoms in total. The molecule has 0 radical (unpaired) electrons. The van der Waals surface area contributed by atoms with Crippen LogP contribution in [-0.4, -0.2) is 43.3 Å². The summed E-state index contributed by atoms with van der Waals surface area (Å²) in [5.74, 6) is -0.673. The van der Waals surface area contributed by atoms with Gasteiger partial charge in [0.05, 0.1) is 0 Å². The zero-order chi connectivity index (χ0) is 15.0. The summed E-state index contributed by atoms with van der Waals surface area (Å²) in [4.78, 5) is 23.2. The van der Waals surface area contributed by atoms with Crippen LogP contribution >= 0.6 is 0 Å². The molecule has 0 bridgehead atoms. The summed E-state index contributed by atoms with van der Waals surface area (Å²) in [6.45, 7) is 1.17. The summed E-state index contributed by atoms with van der Waals surface area (Å²) in [6.07, 6.45) is 4.53. The summed E-state index contributed by atoms with van der Waals surface area (Å²) >= 11 is 0. The molecule has 1 aliphatic carbocycles. The van der Waals surface area contributed by atoms with Crippen molar-refractivity contribution in [2.24, 2.45) is 17.6 Å². The van der Waals surface area contributed by atoms with Crippen LogP contribution in [0.1, 0.15) is 38.5 Å². The molecule has 0 aromatic rings. The third kappa shape index (κ3) is 5.46. The van der Waals surface area contributed by atoms with Gasteiger partial charge in [0, 0.05) is 19.6 Å². The molecule has 1 amide bonds. The molecule has 1 atom stereocenters. The Kier molecular flexibility index (Phi) is 7.54. The predicted molar refractivity (Wildman–Crippen MR) is 75.2 cm³/mol. The maximum absolute atomic E-state index is 12.1. The van der Waals surface area contributed by atoms with Crippen LogP contribution in [0.2, 0.25) is 0 Å². The van der Waals surface area contributed by atoms with E-state index in [1.54, 1.807) is 7.11 Å². The van der Waals surface area contributed by atoms with Crippen LogP contribution in [0.25, 0.3) is 0 Å². The lowest BCUT2D eigenvalue weighted by molar-refractivity contribution is -0.143. The molecular formula is C14H26N2O4. The first-order valence-corrected chi connectivity index (χ1v) is 7.30. The number of hydrogen-bond acceptors (Lipinski definition) is 4. The third-order valence-corrected chi connectivity index (χ3v) is 4.01. The smallest absolute Gasteiger partial charge is 0.326 e. The van der Waals surface area contributed by atoms with Crippen molar-refractivity contribution < 1.29 is 19.4 Å². The average molecular weight is 286 g/mol. The Morgan fingerprint density at radius 2 is 2.00 bits per heavy atom. The number of carboxylic acid groups (broad SMARTS) is 1. The molecule has 116 valence electrons. The maximum Gasteiger partial charge on any atom is 0.326 e. The van der Waals surface area contributed by atoms with Crippen LogP contribution in [-0.2, 0) is 14.3 Å². The molecule has 6 heteroatoms.